The molecule has 8 heteroatoms. The van der Waals surface area contributed by atoms with Crippen molar-refractivity contribution in [1.29, 1.82) is 0 Å². The number of benzene rings is 2. The van der Waals surface area contributed by atoms with E-state index < -0.39 is 5.91 Å². The first-order valence-electron chi connectivity index (χ1n) is 10.2. The molecule has 7 nitrogen and oxygen atoms in total. The zero-order valence-corrected chi connectivity index (χ0v) is 17.6. The van der Waals surface area contributed by atoms with Crippen molar-refractivity contribution in [1.82, 2.24) is 14.3 Å². The minimum atomic E-state index is -0.501. The van der Waals surface area contributed by atoms with Crippen LogP contribution in [0.1, 0.15) is 34.3 Å². The standard InChI is InChI=1S/C23H21N5O2S/c24-20(29)16-11-6-10-15-18(16)28-31-19(15)22-26-21(25-13-14-7-2-1-3-8-14)17-9-4-5-12-30-23(17)27-22/h1-3,6-8,10-11H,4-5,9,12-13H2,(H2,24,29)(H,25,26,27). The molecule has 3 N–H and O–H groups in total. The van der Waals surface area contributed by atoms with E-state index >= 15 is 0 Å². The van der Waals surface area contributed by atoms with Crippen LogP contribution in [0, 0.1) is 0 Å². The lowest BCUT2D eigenvalue weighted by molar-refractivity contribution is 0.100. The largest absolute Gasteiger partial charge is 0.477 e. The van der Waals surface area contributed by atoms with E-state index in [9.17, 15) is 4.79 Å². The summed E-state index contributed by atoms with van der Waals surface area (Å²) in [6.45, 7) is 1.29. The van der Waals surface area contributed by atoms with Crippen LogP contribution in [0.5, 0.6) is 5.88 Å². The molecule has 0 bridgehead atoms. The molecule has 0 saturated carbocycles. The molecule has 31 heavy (non-hydrogen) atoms. The minimum absolute atomic E-state index is 0.397. The zero-order valence-electron chi connectivity index (χ0n) is 16.8. The molecule has 5 rings (SSSR count). The normalized spacial score (nSPS) is 13.3. The van der Waals surface area contributed by atoms with Gasteiger partial charge in [0.1, 0.15) is 10.7 Å². The highest BCUT2D eigenvalue weighted by Crippen LogP contribution is 2.36. The number of aromatic nitrogens is 3. The summed E-state index contributed by atoms with van der Waals surface area (Å²) in [5.74, 6) is 1.42. The lowest BCUT2D eigenvalue weighted by Gasteiger charge is -2.14. The molecule has 0 unspecified atom stereocenters. The number of carbonyl (C=O) groups is 1. The molecule has 0 saturated heterocycles. The third kappa shape index (κ3) is 3.82. The fourth-order valence-electron chi connectivity index (χ4n) is 3.74. The average Bonchev–Trinajstić information content (AvgIpc) is 3.08. The van der Waals surface area contributed by atoms with Gasteiger partial charge < -0.3 is 15.8 Å². The molecule has 1 aliphatic heterocycles. The third-order valence-corrected chi connectivity index (χ3v) is 6.17. The van der Waals surface area contributed by atoms with Crippen LogP contribution in [0.2, 0.25) is 0 Å². The zero-order chi connectivity index (χ0) is 21.2. The summed E-state index contributed by atoms with van der Waals surface area (Å²) in [6, 6.07) is 15.6. The monoisotopic (exact) mass is 431 g/mol. The number of ether oxygens (including phenoxy) is 1. The highest BCUT2D eigenvalue weighted by molar-refractivity contribution is 7.11. The maximum absolute atomic E-state index is 11.8. The Morgan fingerprint density at radius 2 is 1.97 bits per heavy atom. The van der Waals surface area contributed by atoms with Crippen LogP contribution in [0.4, 0.5) is 5.82 Å². The topological polar surface area (TPSA) is 103 Å². The smallest absolute Gasteiger partial charge is 0.250 e. The van der Waals surface area contributed by atoms with Crippen molar-refractivity contribution in [2.24, 2.45) is 5.73 Å². The Morgan fingerprint density at radius 3 is 2.81 bits per heavy atom. The summed E-state index contributed by atoms with van der Waals surface area (Å²) in [7, 11) is 0. The lowest BCUT2D eigenvalue weighted by atomic mass is 10.1. The molecule has 2 aromatic carbocycles. The molecule has 0 atom stereocenters. The summed E-state index contributed by atoms with van der Waals surface area (Å²) < 4.78 is 10.4. The second-order valence-corrected chi connectivity index (χ2v) is 8.18. The van der Waals surface area contributed by atoms with Gasteiger partial charge >= 0.3 is 0 Å². The van der Waals surface area contributed by atoms with Crippen LogP contribution >= 0.6 is 11.5 Å². The van der Waals surface area contributed by atoms with Crippen LogP contribution < -0.4 is 15.8 Å². The first-order valence-corrected chi connectivity index (χ1v) is 11.0. The van der Waals surface area contributed by atoms with Crippen molar-refractivity contribution < 1.29 is 9.53 Å². The Labute approximate surface area is 183 Å². The number of fused-ring (bicyclic) bond motifs is 2. The predicted octanol–water partition coefficient (Wildman–Crippen LogP) is 4.18. The fourth-order valence-corrected chi connectivity index (χ4v) is 4.55. The Bertz CT molecular complexity index is 1260. The van der Waals surface area contributed by atoms with Gasteiger partial charge in [-0.05, 0) is 42.4 Å². The Morgan fingerprint density at radius 1 is 1.10 bits per heavy atom. The number of nitrogens with zero attached hydrogens (tertiary/aromatic N) is 3. The number of amides is 1. The molecule has 156 valence electrons. The SMILES string of the molecule is NC(=O)c1cccc2c(-c3nc(NCc4ccccc4)c4c(n3)OCCCC4)snc12. The maximum Gasteiger partial charge on any atom is 0.250 e. The molecule has 0 aliphatic carbocycles. The first-order chi connectivity index (χ1) is 15.2. The second-order valence-electron chi connectivity index (χ2n) is 7.40. The van der Waals surface area contributed by atoms with E-state index in [1.54, 1.807) is 12.1 Å². The maximum atomic E-state index is 11.8. The van der Waals surface area contributed by atoms with Gasteiger partial charge in [0.2, 0.25) is 5.88 Å². The van der Waals surface area contributed by atoms with Gasteiger partial charge in [-0.1, -0.05) is 42.5 Å². The predicted molar refractivity (Wildman–Crippen MR) is 121 cm³/mol. The highest BCUT2D eigenvalue weighted by Gasteiger charge is 2.22. The molecule has 0 fully saturated rings. The molecule has 1 aliphatic rings. The number of rotatable bonds is 5. The summed E-state index contributed by atoms with van der Waals surface area (Å²) in [4.78, 5) is 22.2. The third-order valence-electron chi connectivity index (χ3n) is 5.31. The Hall–Kier alpha value is -3.52. The van der Waals surface area contributed by atoms with E-state index in [-0.39, 0.29) is 0 Å². The van der Waals surface area contributed by atoms with Crippen LogP contribution in [-0.2, 0) is 13.0 Å². The average molecular weight is 432 g/mol. The van der Waals surface area contributed by atoms with Crippen LogP contribution in [0.25, 0.3) is 21.6 Å². The van der Waals surface area contributed by atoms with Crippen LogP contribution in [-0.4, -0.2) is 26.9 Å². The van der Waals surface area contributed by atoms with Gasteiger partial charge in [-0.2, -0.15) is 9.36 Å². The van der Waals surface area contributed by atoms with E-state index in [0.717, 1.165) is 40.9 Å². The number of primary amides is 1. The Balaban J connectivity index is 1.59. The van der Waals surface area contributed by atoms with Gasteiger partial charge in [0.15, 0.2) is 5.82 Å². The van der Waals surface area contributed by atoms with Crippen molar-refractivity contribution in [3.8, 4) is 16.6 Å². The number of hydrogen-bond acceptors (Lipinski definition) is 7. The number of hydrogen-bond donors (Lipinski definition) is 2. The van der Waals surface area contributed by atoms with E-state index in [1.807, 2.05) is 24.3 Å². The number of carbonyl (C=O) groups excluding carboxylic acids is 1. The summed E-state index contributed by atoms with van der Waals surface area (Å²) in [5.41, 5.74) is 8.66. The van der Waals surface area contributed by atoms with Gasteiger partial charge in [-0.15, -0.1) is 0 Å². The quantitative estimate of drug-likeness (QED) is 0.491. The highest BCUT2D eigenvalue weighted by atomic mass is 32.1. The minimum Gasteiger partial charge on any atom is -0.477 e. The van der Waals surface area contributed by atoms with E-state index in [0.29, 0.717) is 35.9 Å². The van der Waals surface area contributed by atoms with Gasteiger partial charge in [0.05, 0.1) is 23.3 Å². The number of anilines is 1. The van der Waals surface area contributed by atoms with Crippen molar-refractivity contribution >= 4 is 34.2 Å². The fraction of sp³-hybridized carbons (Fsp3) is 0.217. The lowest BCUT2D eigenvalue weighted by Crippen LogP contribution is -2.11. The molecule has 0 radical (unpaired) electrons. The number of nitrogens with two attached hydrogens (primary N) is 1. The number of nitrogens with one attached hydrogen (secondary N) is 1. The van der Waals surface area contributed by atoms with Gasteiger partial charge in [-0.3, -0.25) is 4.79 Å². The van der Waals surface area contributed by atoms with E-state index in [4.69, 9.17) is 20.4 Å². The molecule has 1 amide bonds. The van der Waals surface area contributed by atoms with Crippen LogP contribution in [0.15, 0.2) is 48.5 Å². The molecular formula is C23H21N5O2S. The summed E-state index contributed by atoms with van der Waals surface area (Å²) in [5, 5.41) is 4.29. The molecule has 2 aromatic heterocycles. The summed E-state index contributed by atoms with van der Waals surface area (Å²) in [6.07, 6.45) is 2.87. The van der Waals surface area contributed by atoms with Crippen molar-refractivity contribution in [2.45, 2.75) is 25.8 Å². The van der Waals surface area contributed by atoms with Crippen molar-refractivity contribution in [3.63, 3.8) is 0 Å². The summed E-state index contributed by atoms with van der Waals surface area (Å²) >= 11 is 1.26. The van der Waals surface area contributed by atoms with Gasteiger partial charge in [-0.25, -0.2) is 4.98 Å². The first kappa shape index (κ1) is 19.4. The molecule has 4 aromatic rings. The van der Waals surface area contributed by atoms with E-state index in [2.05, 4.69) is 21.8 Å². The molecule has 0 spiro atoms. The molecular weight excluding hydrogens is 410 g/mol. The molecule has 3 heterocycles. The van der Waals surface area contributed by atoms with Gasteiger partial charge in [0.25, 0.3) is 5.91 Å². The Kier molecular flexibility index (Phi) is 5.21. The van der Waals surface area contributed by atoms with Gasteiger partial charge in [0, 0.05) is 11.9 Å². The van der Waals surface area contributed by atoms with Crippen molar-refractivity contribution in [2.75, 3.05) is 11.9 Å². The van der Waals surface area contributed by atoms with Crippen LogP contribution in [0.3, 0.4) is 0 Å². The van der Waals surface area contributed by atoms with Crippen molar-refractivity contribution in [3.05, 3.63) is 65.2 Å². The second kappa shape index (κ2) is 8.31. The van der Waals surface area contributed by atoms with E-state index in [1.165, 1.54) is 17.1 Å².